The highest BCUT2D eigenvalue weighted by molar-refractivity contribution is 7.99. The largest absolute Gasteiger partial charge is 0.299 e. The summed E-state index contributed by atoms with van der Waals surface area (Å²) in [4.78, 5) is 10.7. The molecule has 0 amide bonds. The van der Waals surface area contributed by atoms with Gasteiger partial charge >= 0.3 is 0 Å². The summed E-state index contributed by atoms with van der Waals surface area (Å²) < 4.78 is 24.8. The summed E-state index contributed by atoms with van der Waals surface area (Å²) in [5, 5.41) is 26.2. The highest BCUT2D eigenvalue weighted by Crippen LogP contribution is 2.39. The van der Waals surface area contributed by atoms with Crippen LogP contribution in [0.1, 0.15) is 19.9 Å². The Bertz CT molecular complexity index is 1240. The number of nitrogens with two attached hydrogens (primary N) is 1. The van der Waals surface area contributed by atoms with Gasteiger partial charge in [-0.3, -0.25) is 14.7 Å². The van der Waals surface area contributed by atoms with Crippen molar-refractivity contribution < 1.29 is 13.3 Å². The first-order chi connectivity index (χ1) is 14.0. The number of sulfonamides is 1. The van der Waals surface area contributed by atoms with Crippen molar-refractivity contribution in [3.05, 3.63) is 56.6 Å². The maximum atomic E-state index is 11.5. The smallest absolute Gasteiger partial charge is 0.284 e. The van der Waals surface area contributed by atoms with Crippen molar-refractivity contribution in [2.75, 3.05) is 0 Å². The predicted molar refractivity (Wildman–Crippen MR) is 114 cm³/mol. The lowest BCUT2D eigenvalue weighted by Gasteiger charge is -2.14. The van der Waals surface area contributed by atoms with Crippen molar-refractivity contribution in [3.63, 3.8) is 0 Å². The van der Waals surface area contributed by atoms with E-state index in [4.69, 9.17) is 28.3 Å². The second kappa shape index (κ2) is 8.52. The zero-order valence-corrected chi connectivity index (χ0v) is 18.8. The van der Waals surface area contributed by atoms with E-state index in [9.17, 15) is 18.5 Å². The highest BCUT2D eigenvalue weighted by Gasteiger charge is 2.24. The molecule has 0 spiro atoms. The fourth-order valence-corrected chi connectivity index (χ4v) is 4.74. The van der Waals surface area contributed by atoms with Gasteiger partial charge in [0.2, 0.25) is 10.0 Å². The zero-order chi connectivity index (χ0) is 22.2. The van der Waals surface area contributed by atoms with Crippen molar-refractivity contribution in [3.8, 4) is 11.4 Å². The van der Waals surface area contributed by atoms with Crippen molar-refractivity contribution >= 4 is 50.7 Å². The van der Waals surface area contributed by atoms with Crippen molar-refractivity contribution in [2.24, 2.45) is 5.14 Å². The minimum Gasteiger partial charge on any atom is -0.299 e. The van der Waals surface area contributed by atoms with Crippen LogP contribution in [-0.4, -0.2) is 28.1 Å². The number of rotatable bonds is 6. The molecule has 13 heteroatoms. The summed E-state index contributed by atoms with van der Waals surface area (Å²) in [6.07, 6.45) is 0. The summed E-state index contributed by atoms with van der Waals surface area (Å²) in [6.45, 7) is 3.80. The molecule has 3 aromatic rings. The van der Waals surface area contributed by atoms with Gasteiger partial charge in [-0.1, -0.05) is 23.2 Å². The van der Waals surface area contributed by atoms with Gasteiger partial charge in [0, 0.05) is 22.7 Å². The standard InChI is InChI=1S/C17H15Cl2N5O4S2/c1-9(2)23-16(12-5-3-10(18)7-13(12)19)21-22-17(23)29-15-6-4-11(30(20,27)28)8-14(15)24(25)26/h3-9H,1-2H3,(H2,20,27,28). The fraction of sp³-hybridized carbons (Fsp3) is 0.176. The van der Waals surface area contributed by atoms with Gasteiger partial charge in [-0.15, -0.1) is 10.2 Å². The number of hydrogen-bond donors (Lipinski definition) is 1. The summed E-state index contributed by atoms with van der Waals surface area (Å²) in [7, 11) is -4.08. The molecule has 0 saturated carbocycles. The highest BCUT2D eigenvalue weighted by atomic mass is 35.5. The van der Waals surface area contributed by atoms with Crippen LogP contribution in [0.15, 0.2) is 51.3 Å². The van der Waals surface area contributed by atoms with E-state index >= 15 is 0 Å². The molecule has 0 unspecified atom stereocenters. The maximum absolute atomic E-state index is 11.5. The van der Waals surface area contributed by atoms with Crippen LogP contribution >= 0.6 is 35.0 Å². The van der Waals surface area contributed by atoms with Crippen LogP contribution < -0.4 is 5.14 Å². The minimum absolute atomic E-state index is 0.105. The molecule has 0 fully saturated rings. The normalized spacial score (nSPS) is 11.8. The number of nitro groups is 1. The SMILES string of the molecule is CC(C)n1c(Sc2ccc(S(N)(=O)=O)cc2[N+](=O)[O-])nnc1-c1ccc(Cl)cc1Cl. The van der Waals surface area contributed by atoms with Gasteiger partial charge in [0.25, 0.3) is 5.69 Å². The third-order valence-electron chi connectivity index (χ3n) is 4.01. The monoisotopic (exact) mass is 487 g/mol. The van der Waals surface area contributed by atoms with Gasteiger partial charge in [-0.05, 0) is 55.9 Å². The Morgan fingerprint density at radius 3 is 2.43 bits per heavy atom. The Hall–Kier alpha value is -2.18. The van der Waals surface area contributed by atoms with Gasteiger partial charge in [-0.2, -0.15) is 0 Å². The van der Waals surface area contributed by atoms with Gasteiger partial charge < -0.3 is 0 Å². The van der Waals surface area contributed by atoms with Crippen LogP contribution in [-0.2, 0) is 10.0 Å². The van der Waals surface area contributed by atoms with Crippen molar-refractivity contribution in [2.45, 2.75) is 34.8 Å². The average molecular weight is 488 g/mol. The van der Waals surface area contributed by atoms with Crippen LogP contribution in [0.25, 0.3) is 11.4 Å². The molecule has 0 saturated heterocycles. The van der Waals surface area contributed by atoms with E-state index < -0.39 is 20.6 Å². The lowest BCUT2D eigenvalue weighted by atomic mass is 10.2. The van der Waals surface area contributed by atoms with E-state index in [1.165, 1.54) is 12.1 Å². The van der Waals surface area contributed by atoms with E-state index in [0.29, 0.717) is 26.6 Å². The number of benzene rings is 2. The first-order valence-corrected chi connectivity index (χ1v) is 11.5. The Morgan fingerprint density at radius 1 is 1.17 bits per heavy atom. The molecule has 0 bridgehead atoms. The molecule has 0 aliphatic carbocycles. The molecule has 2 N–H and O–H groups in total. The molecule has 30 heavy (non-hydrogen) atoms. The number of nitrogens with zero attached hydrogens (tertiary/aromatic N) is 4. The molecule has 0 atom stereocenters. The lowest BCUT2D eigenvalue weighted by Crippen LogP contribution is -2.12. The molecule has 0 aliphatic rings. The number of hydrogen-bond acceptors (Lipinski definition) is 7. The quantitative estimate of drug-likeness (QED) is 0.398. The van der Waals surface area contributed by atoms with Crippen LogP contribution in [0.5, 0.6) is 0 Å². The summed E-state index contributed by atoms with van der Waals surface area (Å²) in [5.74, 6) is 0.470. The molecule has 158 valence electrons. The molecule has 0 radical (unpaired) electrons. The van der Waals surface area contributed by atoms with Gasteiger partial charge in [0.15, 0.2) is 11.0 Å². The minimum atomic E-state index is -4.08. The molecule has 2 aromatic carbocycles. The molecular weight excluding hydrogens is 473 g/mol. The molecule has 1 heterocycles. The Balaban J connectivity index is 2.10. The number of halogens is 2. The maximum Gasteiger partial charge on any atom is 0.284 e. The lowest BCUT2D eigenvalue weighted by molar-refractivity contribution is -0.388. The summed E-state index contributed by atoms with van der Waals surface area (Å²) >= 11 is 13.3. The third-order valence-corrected chi connectivity index (χ3v) is 6.49. The first kappa shape index (κ1) is 22.5. The van der Waals surface area contributed by atoms with Crippen molar-refractivity contribution in [1.29, 1.82) is 0 Å². The van der Waals surface area contributed by atoms with E-state index in [2.05, 4.69) is 10.2 Å². The second-order valence-electron chi connectivity index (χ2n) is 6.43. The number of aromatic nitrogens is 3. The first-order valence-electron chi connectivity index (χ1n) is 8.38. The Labute approximate surface area is 186 Å². The molecule has 3 rings (SSSR count). The van der Waals surface area contributed by atoms with Gasteiger partial charge in [0.05, 0.1) is 19.7 Å². The Morgan fingerprint density at radius 2 is 1.87 bits per heavy atom. The summed E-state index contributed by atoms with van der Waals surface area (Å²) in [6, 6.07) is 8.31. The number of nitro benzene ring substituents is 1. The van der Waals surface area contributed by atoms with Gasteiger partial charge in [-0.25, -0.2) is 13.6 Å². The zero-order valence-electron chi connectivity index (χ0n) is 15.6. The summed E-state index contributed by atoms with van der Waals surface area (Å²) in [5.41, 5.74) is 0.198. The topological polar surface area (TPSA) is 134 Å². The van der Waals surface area contributed by atoms with Crippen LogP contribution in [0.4, 0.5) is 5.69 Å². The molecular formula is C17H15Cl2N5O4S2. The van der Waals surface area contributed by atoms with E-state index in [0.717, 1.165) is 17.8 Å². The van der Waals surface area contributed by atoms with E-state index in [1.54, 1.807) is 22.8 Å². The Kier molecular flexibility index (Phi) is 6.39. The molecule has 9 nitrogen and oxygen atoms in total. The van der Waals surface area contributed by atoms with Gasteiger partial charge in [0.1, 0.15) is 0 Å². The third kappa shape index (κ3) is 4.60. The van der Waals surface area contributed by atoms with E-state index in [1.807, 2.05) is 13.8 Å². The predicted octanol–water partition coefficient (Wildman–Crippen LogP) is 4.54. The average Bonchev–Trinajstić information content (AvgIpc) is 3.04. The molecule has 0 aliphatic heterocycles. The van der Waals surface area contributed by atoms with Crippen LogP contribution in [0.3, 0.4) is 0 Å². The number of primary sulfonamides is 1. The fourth-order valence-electron chi connectivity index (χ4n) is 2.67. The molecule has 1 aromatic heterocycles. The van der Waals surface area contributed by atoms with Crippen LogP contribution in [0.2, 0.25) is 10.0 Å². The van der Waals surface area contributed by atoms with E-state index in [-0.39, 0.29) is 15.8 Å². The van der Waals surface area contributed by atoms with Crippen molar-refractivity contribution in [1.82, 2.24) is 14.8 Å². The van der Waals surface area contributed by atoms with Crippen LogP contribution in [0, 0.1) is 10.1 Å². The second-order valence-corrected chi connectivity index (χ2v) is 9.84.